The molecular weight excluding hydrogens is 230 g/mol. The van der Waals surface area contributed by atoms with Crippen LogP contribution in [0.25, 0.3) is 0 Å². The van der Waals surface area contributed by atoms with Crippen LogP contribution in [0.2, 0.25) is 0 Å². The lowest BCUT2D eigenvalue weighted by Gasteiger charge is -2.24. The van der Waals surface area contributed by atoms with Gasteiger partial charge in [0.2, 0.25) is 11.8 Å². The minimum Gasteiger partial charge on any atom is -0.444 e. The van der Waals surface area contributed by atoms with Crippen LogP contribution in [0.3, 0.4) is 0 Å². The van der Waals surface area contributed by atoms with Crippen LogP contribution >= 0.6 is 0 Å². The highest BCUT2D eigenvalue weighted by Crippen LogP contribution is 2.06. The van der Waals surface area contributed by atoms with E-state index in [9.17, 15) is 4.79 Å². The molecule has 0 aliphatic rings. The van der Waals surface area contributed by atoms with Gasteiger partial charge < -0.3 is 9.73 Å². The van der Waals surface area contributed by atoms with Gasteiger partial charge in [0.15, 0.2) is 0 Å². The Morgan fingerprint density at radius 3 is 2.72 bits per heavy atom. The first kappa shape index (κ1) is 14.7. The summed E-state index contributed by atoms with van der Waals surface area (Å²) in [6.45, 7) is 8.82. The van der Waals surface area contributed by atoms with E-state index < -0.39 is 0 Å². The third kappa shape index (κ3) is 4.87. The summed E-state index contributed by atoms with van der Waals surface area (Å²) < 4.78 is 5.43. The van der Waals surface area contributed by atoms with Crippen molar-refractivity contribution in [2.75, 3.05) is 6.54 Å². The van der Waals surface area contributed by atoms with Crippen molar-refractivity contribution >= 4 is 5.91 Å². The maximum atomic E-state index is 11.6. The maximum absolute atomic E-state index is 11.6. The molecule has 0 bridgehead atoms. The molecule has 0 aromatic carbocycles. The first-order valence-corrected chi connectivity index (χ1v) is 6.42. The highest BCUT2D eigenvalue weighted by molar-refractivity contribution is 5.78. The van der Waals surface area contributed by atoms with Crippen molar-refractivity contribution < 1.29 is 9.21 Å². The van der Waals surface area contributed by atoms with E-state index in [4.69, 9.17) is 4.42 Å². The first-order valence-electron chi connectivity index (χ1n) is 6.42. The summed E-state index contributed by atoms with van der Waals surface area (Å²) in [4.78, 5) is 15.8. The van der Waals surface area contributed by atoms with Crippen LogP contribution in [-0.2, 0) is 17.8 Å². The standard InChI is InChI=1S/C13H23N3O2/c1-5-10-7-15-12(18-10)9-14-8-11(17)16-13(3,4)6-2/h7,14H,5-6,8-9H2,1-4H3,(H,16,17). The summed E-state index contributed by atoms with van der Waals surface area (Å²) in [5, 5.41) is 5.97. The summed E-state index contributed by atoms with van der Waals surface area (Å²) >= 11 is 0. The normalized spacial score (nSPS) is 11.6. The molecule has 1 aromatic heterocycles. The number of carbonyl (C=O) groups excluding carboxylic acids is 1. The monoisotopic (exact) mass is 253 g/mol. The van der Waals surface area contributed by atoms with Gasteiger partial charge in [0.1, 0.15) is 5.76 Å². The molecule has 0 unspecified atom stereocenters. The second-order valence-electron chi connectivity index (χ2n) is 4.96. The molecule has 0 atom stereocenters. The third-order valence-corrected chi connectivity index (χ3v) is 2.87. The summed E-state index contributed by atoms with van der Waals surface area (Å²) in [7, 11) is 0. The van der Waals surface area contributed by atoms with Gasteiger partial charge in [0.25, 0.3) is 0 Å². The van der Waals surface area contributed by atoms with Gasteiger partial charge in [-0.05, 0) is 20.3 Å². The number of aryl methyl sites for hydroxylation is 1. The SMILES string of the molecule is CCc1cnc(CNCC(=O)NC(C)(C)CC)o1. The lowest BCUT2D eigenvalue weighted by Crippen LogP contribution is -2.46. The molecule has 1 rings (SSSR count). The average molecular weight is 253 g/mol. The van der Waals surface area contributed by atoms with Crippen LogP contribution in [0, 0.1) is 0 Å². The first-order chi connectivity index (χ1) is 8.46. The Morgan fingerprint density at radius 1 is 1.44 bits per heavy atom. The second-order valence-corrected chi connectivity index (χ2v) is 4.96. The highest BCUT2D eigenvalue weighted by atomic mass is 16.4. The van der Waals surface area contributed by atoms with Crippen LogP contribution in [0.5, 0.6) is 0 Å². The number of nitrogens with zero attached hydrogens (tertiary/aromatic N) is 1. The quantitative estimate of drug-likeness (QED) is 0.775. The van der Waals surface area contributed by atoms with Gasteiger partial charge in [-0.1, -0.05) is 13.8 Å². The fraction of sp³-hybridized carbons (Fsp3) is 0.692. The van der Waals surface area contributed by atoms with E-state index in [-0.39, 0.29) is 18.0 Å². The van der Waals surface area contributed by atoms with Crippen molar-refractivity contribution in [3.63, 3.8) is 0 Å². The topological polar surface area (TPSA) is 67.2 Å². The van der Waals surface area contributed by atoms with Crippen molar-refractivity contribution in [3.05, 3.63) is 17.8 Å². The molecule has 0 spiro atoms. The highest BCUT2D eigenvalue weighted by Gasteiger charge is 2.17. The van der Waals surface area contributed by atoms with E-state index in [0.29, 0.717) is 12.4 Å². The predicted molar refractivity (Wildman–Crippen MR) is 70.1 cm³/mol. The van der Waals surface area contributed by atoms with Crippen LogP contribution in [0.15, 0.2) is 10.6 Å². The molecule has 2 N–H and O–H groups in total. The molecule has 0 saturated heterocycles. The lowest BCUT2D eigenvalue weighted by atomic mass is 10.0. The summed E-state index contributed by atoms with van der Waals surface area (Å²) in [6, 6.07) is 0. The Bertz CT molecular complexity index is 385. The number of nitrogens with one attached hydrogen (secondary N) is 2. The fourth-order valence-corrected chi connectivity index (χ4v) is 1.39. The third-order valence-electron chi connectivity index (χ3n) is 2.87. The molecule has 1 aromatic rings. The summed E-state index contributed by atoms with van der Waals surface area (Å²) in [6.07, 6.45) is 3.45. The minimum atomic E-state index is -0.156. The Balaban J connectivity index is 2.27. The van der Waals surface area contributed by atoms with Crippen LogP contribution in [0.1, 0.15) is 45.8 Å². The maximum Gasteiger partial charge on any atom is 0.234 e. The Hall–Kier alpha value is -1.36. The van der Waals surface area contributed by atoms with E-state index in [1.807, 2.05) is 27.7 Å². The van der Waals surface area contributed by atoms with E-state index in [1.165, 1.54) is 0 Å². The zero-order valence-electron chi connectivity index (χ0n) is 11.7. The van der Waals surface area contributed by atoms with Crippen LogP contribution < -0.4 is 10.6 Å². The van der Waals surface area contributed by atoms with Gasteiger partial charge in [0, 0.05) is 12.0 Å². The van der Waals surface area contributed by atoms with Crippen molar-refractivity contribution in [1.29, 1.82) is 0 Å². The van der Waals surface area contributed by atoms with E-state index >= 15 is 0 Å². The number of rotatable bonds is 7. The van der Waals surface area contributed by atoms with Gasteiger partial charge in [-0.2, -0.15) is 0 Å². The van der Waals surface area contributed by atoms with Gasteiger partial charge in [-0.25, -0.2) is 4.98 Å². The van der Waals surface area contributed by atoms with Crippen LogP contribution in [0.4, 0.5) is 0 Å². The number of amides is 1. The van der Waals surface area contributed by atoms with Crippen molar-refractivity contribution in [2.45, 2.75) is 52.6 Å². The van der Waals surface area contributed by atoms with Crippen LogP contribution in [-0.4, -0.2) is 23.0 Å². The Labute approximate surface area is 108 Å². The van der Waals surface area contributed by atoms with E-state index in [1.54, 1.807) is 6.20 Å². The molecule has 1 heterocycles. The summed E-state index contributed by atoms with van der Waals surface area (Å²) in [5.74, 6) is 1.47. The largest absolute Gasteiger partial charge is 0.444 e. The molecule has 102 valence electrons. The molecule has 0 aliphatic heterocycles. The number of carbonyl (C=O) groups is 1. The van der Waals surface area contributed by atoms with Crippen molar-refractivity contribution in [2.24, 2.45) is 0 Å². The smallest absolute Gasteiger partial charge is 0.234 e. The number of hydrogen-bond acceptors (Lipinski definition) is 4. The lowest BCUT2D eigenvalue weighted by molar-refractivity contribution is -0.121. The molecule has 5 nitrogen and oxygen atoms in total. The summed E-state index contributed by atoms with van der Waals surface area (Å²) in [5.41, 5.74) is -0.156. The molecule has 0 radical (unpaired) electrons. The zero-order chi connectivity index (χ0) is 13.6. The molecule has 1 amide bonds. The molecule has 0 fully saturated rings. The van der Waals surface area contributed by atoms with Gasteiger partial charge >= 0.3 is 0 Å². The molecule has 18 heavy (non-hydrogen) atoms. The van der Waals surface area contributed by atoms with Gasteiger partial charge in [-0.15, -0.1) is 0 Å². The zero-order valence-corrected chi connectivity index (χ0v) is 11.7. The average Bonchev–Trinajstić information content (AvgIpc) is 2.76. The Morgan fingerprint density at radius 2 is 2.17 bits per heavy atom. The fourth-order valence-electron chi connectivity index (χ4n) is 1.39. The van der Waals surface area contributed by atoms with Crippen molar-refractivity contribution in [1.82, 2.24) is 15.6 Å². The molecule has 5 heteroatoms. The van der Waals surface area contributed by atoms with Gasteiger partial charge in [-0.3, -0.25) is 10.1 Å². The predicted octanol–water partition coefficient (Wildman–Crippen LogP) is 1.63. The number of aromatic nitrogens is 1. The van der Waals surface area contributed by atoms with E-state index in [2.05, 4.69) is 15.6 Å². The Kier molecular flexibility index (Phi) is 5.34. The number of oxazole rings is 1. The number of hydrogen-bond donors (Lipinski definition) is 2. The molecule has 0 aliphatic carbocycles. The van der Waals surface area contributed by atoms with Gasteiger partial charge in [0.05, 0.1) is 19.3 Å². The molecular formula is C13H23N3O2. The second kappa shape index (κ2) is 6.54. The molecule has 0 saturated carbocycles. The van der Waals surface area contributed by atoms with Crippen molar-refractivity contribution in [3.8, 4) is 0 Å². The minimum absolute atomic E-state index is 0.0101. The van der Waals surface area contributed by atoms with E-state index in [0.717, 1.165) is 18.6 Å².